The van der Waals surface area contributed by atoms with Crippen molar-refractivity contribution in [2.24, 2.45) is 5.11 Å². The van der Waals surface area contributed by atoms with Gasteiger partial charge in [0.15, 0.2) is 5.11 Å². The first kappa shape index (κ1) is 11.6. The van der Waals surface area contributed by atoms with Crippen LogP contribution in [0.4, 0.5) is 5.69 Å². The molecule has 1 aromatic carbocycles. The second-order valence-corrected chi connectivity index (χ2v) is 3.45. The van der Waals surface area contributed by atoms with Crippen LogP contribution in [0.5, 0.6) is 0 Å². The van der Waals surface area contributed by atoms with E-state index >= 15 is 0 Å². The minimum Gasteiger partial charge on any atom is -0.298 e. The van der Waals surface area contributed by atoms with Crippen molar-refractivity contribution in [2.75, 3.05) is 12.5 Å². The Morgan fingerprint density at radius 1 is 1.53 bits per heavy atom. The third-order valence-electron chi connectivity index (χ3n) is 1.56. The topological polar surface area (TPSA) is 64.0 Å². The van der Waals surface area contributed by atoms with Crippen LogP contribution in [0.3, 0.4) is 0 Å². The quantitative estimate of drug-likeness (QED) is 0.284. The van der Waals surface area contributed by atoms with E-state index in [0.717, 1.165) is 5.69 Å². The number of nitrogens with one attached hydrogen (secondary N) is 1. The van der Waals surface area contributed by atoms with Crippen molar-refractivity contribution in [1.82, 2.24) is 5.01 Å². The van der Waals surface area contributed by atoms with Crippen LogP contribution in [0.1, 0.15) is 0 Å². The summed E-state index contributed by atoms with van der Waals surface area (Å²) in [7, 11) is 1.66. The lowest BCUT2D eigenvalue weighted by Crippen LogP contribution is -2.29. The maximum absolute atomic E-state index is 8.19. The Balaban J connectivity index is 2.65. The Bertz CT molecular complexity index is 398. The Kier molecular flexibility index (Phi) is 4.17. The molecule has 0 aliphatic carbocycles. The molecular formula is C8H8ClN5S. The highest BCUT2D eigenvalue weighted by Gasteiger charge is 2.00. The van der Waals surface area contributed by atoms with Crippen molar-refractivity contribution in [2.45, 2.75) is 0 Å². The maximum Gasteiger partial charge on any atom is 0.184 e. The Labute approximate surface area is 97.2 Å². The van der Waals surface area contributed by atoms with E-state index in [1.807, 2.05) is 0 Å². The normalized spacial score (nSPS) is 8.93. The molecule has 0 saturated heterocycles. The number of anilines is 1. The second kappa shape index (κ2) is 5.41. The number of hydrazine groups is 1. The Morgan fingerprint density at radius 3 is 2.67 bits per heavy atom. The van der Waals surface area contributed by atoms with Crippen molar-refractivity contribution in [3.8, 4) is 0 Å². The minimum atomic E-state index is 0.118. The van der Waals surface area contributed by atoms with Crippen LogP contribution in [0.15, 0.2) is 29.4 Å². The first-order valence-corrected chi connectivity index (χ1v) is 4.77. The van der Waals surface area contributed by atoms with Gasteiger partial charge >= 0.3 is 0 Å². The van der Waals surface area contributed by atoms with Crippen LogP contribution in [-0.4, -0.2) is 17.2 Å². The number of thiocarbonyl (C=S) groups is 1. The van der Waals surface area contributed by atoms with E-state index in [-0.39, 0.29) is 5.11 Å². The molecule has 0 radical (unpaired) electrons. The van der Waals surface area contributed by atoms with Crippen molar-refractivity contribution in [1.29, 1.82) is 0 Å². The summed E-state index contributed by atoms with van der Waals surface area (Å²) in [4.78, 5) is 2.59. The second-order valence-electron chi connectivity index (χ2n) is 2.65. The van der Waals surface area contributed by atoms with Crippen LogP contribution in [0.25, 0.3) is 10.4 Å². The van der Waals surface area contributed by atoms with Crippen LogP contribution < -0.4 is 5.43 Å². The lowest BCUT2D eigenvalue weighted by atomic mass is 10.3. The fraction of sp³-hybridized carbons (Fsp3) is 0.125. The molecule has 1 aromatic rings. The molecule has 0 fully saturated rings. The summed E-state index contributed by atoms with van der Waals surface area (Å²) >= 11 is 10.5. The van der Waals surface area contributed by atoms with Gasteiger partial charge in [-0.25, -0.2) is 0 Å². The van der Waals surface area contributed by atoms with E-state index in [4.69, 9.17) is 29.3 Å². The lowest BCUT2D eigenvalue weighted by molar-refractivity contribution is 0.613. The smallest absolute Gasteiger partial charge is 0.184 e. The predicted molar refractivity (Wildman–Crippen MR) is 64.6 cm³/mol. The molecule has 0 saturated carbocycles. The molecular weight excluding hydrogens is 234 g/mol. The molecule has 0 aliphatic rings. The first-order valence-electron chi connectivity index (χ1n) is 3.98. The van der Waals surface area contributed by atoms with Gasteiger partial charge in [0.05, 0.1) is 5.69 Å². The lowest BCUT2D eigenvalue weighted by Gasteiger charge is -2.19. The van der Waals surface area contributed by atoms with Gasteiger partial charge in [-0.1, -0.05) is 23.8 Å². The number of hydrogen-bond acceptors (Lipinski definition) is 2. The zero-order chi connectivity index (χ0) is 11.3. The fourth-order valence-electron chi connectivity index (χ4n) is 0.871. The van der Waals surface area contributed by atoms with Crippen molar-refractivity contribution < 1.29 is 0 Å². The van der Waals surface area contributed by atoms with Gasteiger partial charge < -0.3 is 0 Å². The number of rotatable bonds is 2. The van der Waals surface area contributed by atoms with Gasteiger partial charge in [-0.05, 0) is 34.9 Å². The van der Waals surface area contributed by atoms with Crippen LogP contribution in [0.2, 0.25) is 5.02 Å². The van der Waals surface area contributed by atoms with Crippen molar-refractivity contribution in [3.63, 3.8) is 0 Å². The van der Waals surface area contributed by atoms with Crippen LogP contribution >= 0.6 is 23.8 Å². The molecule has 0 atom stereocenters. The standard InChI is InChI=1S/C8H8ClN5S/c1-14(8(15)11-13-10)12-7-4-2-6(9)3-5-7/h2-5,12H,1H3. The van der Waals surface area contributed by atoms with E-state index in [1.54, 1.807) is 31.3 Å². The summed E-state index contributed by atoms with van der Waals surface area (Å²) < 4.78 is 0. The van der Waals surface area contributed by atoms with Crippen LogP contribution in [0, 0.1) is 0 Å². The van der Waals surface area contributed by atoms with E-state index < -0.39 is 0 Å². The largest absolute Gasteiger partial charge is 0.298 e. The summed E-state index contributed by atoms with van der Waals surface area (Å²) in [6.45, 7) is 0. The average Bonchev–Trinajstić information content (AvgIpc) is 2.22. The zero-order valence-electron chi connectivity index (χ0n) is 7.88. The summed E-state index contributed by atoms with van der Waals surface area (Å²) in [5.74, 6) is 0. The van der Waals surface area contributed by atoms with E-state index in [2.05, 4.69) is 15.5 Å². The minimum absolute atomic E-state index is 0.118. The first-order chi connectivity index (χ1) is 7.13. The van der Waals surface area contributed by atoms with Gasteiger partial charge in [-0.2, -0.15) is 0 Å². The summed E-state index contributed by atoms with van der Waals surface area (Å²) in [5.41, 5.74) is 11.9. The monoisotopic (exact) mass is 241 g/mol. The highest BCUT2D eigenvalue weighted by atomic mass is 35.5. The summed E-state index contributed by atoms with van der Waals surface area (Å²) in [6.07, 6.45) is 0. The molecule has 0 aromatic heterocycles. The fourth-order valence-corrected chi connectivity index (χ4v) is 1.08. The number of hydrogen-bond donors (Lipinski definition) is 1. The molecule has 1 rings (SSSR count). The number of nitrogens with zero attached hydrogens (tertiary/aromatic N) is 4. The van der Waals surface area contributed by atoms with Gasteiger partial charge in [0, 0.05) is 17.0 Å². The van der Waals surface area contributed by atoms with Gasteiger partial charge in [0.25, 0.3) is 0 Å². The molecule has 0 heterocycles. The van der Waals surface area contributed by atoms with Crippen molar-refractivity contribution >= 4 is 34.6 Å². The molecule has 0 spiro atoms. The van der Waals surface area contributed by atoms with Gasteiger partial charge in [0.2, 0.25) is 0 Å². The highest BCUT2D eigenvalue weighted by molar-refractivity contribution is 7.80. The van der Waals surface area contributed by atoms with E-state index in [1.165, 1.54) is 5.01 Å². The van der Waals surface area contributed by atoms with Crippen LogP contribution in [-0.2, 0) is 0 Å². The zero-order valence-corrected chi connectivity index (χ0v) is 9.46. The Hall–Kier alpha value is -1.49. The van der Waals surface area contributed by atoms with Gasteiger partial charge in [-0.15, -0.1) is 0 Å². The average molecular weight is 242 g/mol. The maximum atomic E-state index is 8.19. The molecule has 78 valence electrons. The van der Waals surface area contributed by atoms with E-state index in [0.29, 0.717) is 5.02 Å². The molecule has 0 aliphatic heterocycles. The number of azide groups is 1. The summed E-state index contributed by atoms with van der Waals surface area (Å²) in [6, 6.07) is 7.07. The van der Waals surface area contributed by atoms with Gasteiger partial charge in [-0.3, -0.25) is 10.4 Å². The highest BCUT2D eigenvalue weighted by Crippen LogP contribution is 2.13. The SMILES string of the molecule is CN(Nc1ccc(Cl)cc1)C(=S)N=[N+]=[N-]. The van der Waals surface area contributed by atoms with E-state index in [9.17, 15) is 0 Å². The molecule has 0 amide bonds. The molecule has 1 N–H and O–H groups in total. The third kappa shape index (κ3) is 3.63. The predicted octanol–water partition coefficient (Wildman–Crippen LogP) is 3.19. The molecule has 0 unspecified atom stereocenters. The molecule has 15 heavy (non-hydrogen) atoms. The van der Waals surface area contributed by atoms with Crippen molar-refractivity contribution in [3.05, 3.63) is 39.7 Å². The molecule has 0 bridgehead atoms. The molecule has 5 nitrogen and oxygen atoms in total. The Morgan fingerprint density at radius 2 is 2.13 bits per heavy atom. The number of halogens is 1. The number of benzene rings is 1. The van der Waals surface area contributed by atoms with Gasteiger partial charge in [0.1, 0.15) is 0 Å². The third-order valence-corrected chi connectivity index (χ3v) is 2.17. The summed E-state index contributed by atoms with van der Waals surface area (Å²) in [5, 5.41) is 5.50. The molecule has 7 heteroatoms.